The predicted molar refractivity (Wildman–Crippen MR) is 61.0 cm³/mol. The smallest absolute Gasteiger partial charge is 0.223 e. The van der Waals surface area contributed by atoms with Gasteiger partial charge in [-0.25, -0.2) is 9.97 Å². The summed E-state index contributed by atoms with van der Waals surface area (Å²) in [5, 5.41) is 3.21. The highest BCUT2D eigenvalue weighted by Gasteiger charge is 2.03. The third-order valence-corrected chi connectivity index (χ3v) is 2.04. The van der Waals surface area contributed by atoms with Gasteiger partial charge in [-0.15, -0.1) is 0 Å². The van der Waals surface area contributed by atoms with Gasteiger partial charge in [-0.05, 0) is 25.8 Å². The second-order valence-electron chi connectivity index (χ2n) is 3.92. The molecule has 0 aliphatic heterocycles. The minimum absolute atomic E-state index is 0.458. The van der Waals surface area contributed by atoms with Crippen LogP contribution in [0.25, 0.3) is 0 Å². The Hall–Kier alpha value is -1.16. The molecule has 0 aliphatic carbocycles. The Labute approximate surface area is 91.1 Å². The topological polar surface area (TPSA) is 47.0 Å². The summed E-state index contributed by atoms with van der Waals surface area (Å²) in [5.74, 6) is 1.16. The fraction of sp³-hybridized carbons (Fsp3) is 0.636. The summed E-state index contributed by atoms with van der Waals surface area (Å²) in [5.41, 5.74) is 1.98. The number of rotatable bonds is 5. The largest absolute Gasteiger partial charge is 0.384 e. The van der Waals surface area contributed by atoms with Crippen molar-refractivity contribution in [2.45, 2.75) is 20.8 Å². The van der Waals surface area contributed by atoms with Crippen LogP contribution in [0.15, 0.2) is 6.07 Å². The molecule has 1 aromatic rings. The molecule has 0 saturated carbocycles. The number of nitrogens with zero attached hydrogens (tertiary/aromatic N) is 2. The zero-order valence-corrected chi connectivity index (χ0v) is 9.87. The standard InChI is InChI=1S/C11H19N3O/c1-8(7-15-4)6-12-11-13-9(2)5-10(3)14-11/h5,8H,6-7H2,1-4H3,(H,12,13,14)/t8-/m0/s1. The summed E-state index contributed by atoms with van der Waals surface area (Å²) in [6.07, 6.45) is 0. The maximum atomic E-state index is 5.06. The van der Waals surface area contributed by atoms with Crippen LogP contribution in [0.3, 0.4) is 0 Å². The fourth-order valence-corrected chi connectivity index (χ4v) is 1.41. The van der Waals surface area contributed by atoms with E-state index in [9.17, 15) is 0 Å². The van der Waals surface area contributed by atoms with E-state index in [2.05, 4.69) is 22.2 Å². The Bertz CT molecular complexity index is 294. The molecule has 0 aromatic carbocycles. The van der Waals surface area contributed by atoms with E-state index in [1.165, 1.54) is 0 Å². The maximum Gasteiger partial charge on any atom is 0.223 e. The molecular formula is C11H19N3O. The van der Waals surface area contributed by atoms with Crippen molar-refractivity contribution in [1.82, 2.24) is 9.97 Å². The molecule has 0 unspecified atom stereocenters. The number of aromatic nitrogens is 2. The Morgan fingerprint density at radius 2 is 1.93 bits per heavy atom. The van der Waals surface area contributed by atoms with E-state index in [1.807, 2.05) is 19.9 Å². The van der Waals surface area contributed by atoms with Crippen LogP contribution in [0.4, 0.5) is 5.95 Å². The third-order valence-electron chi connectivity index (χ3n) is 2.04. The summed E-state index contributed by atoms with van der Waals surface area (Å²) in [7, 11) is 1.71. The Kier molecular flexibility index (Phi) is 4.49. The summed E-state index contributed by atoms with van der Waals surface area (Å²) < 4.78 is 5.06. The van der Waals surface area contributed by atoms with Crippen LogP contribution >= 0.6 is 0 Å². The zero-order chi connectivity index (χ0) is 11.3. The normalized spacial score (nSPS) is 12.5. The molecule has 1 atom stereocenters. The number of hydrogen-bond donors (Lipinski definition) is 1. The molecule has 0 fully saturated rings. The van der Waals surface area contributed by atoms with E-state index in [1.54, 1.807) is 7.11 Å². The average molecular weight is 209 g/mol. The monoisotopic (exact) mass is 209 g/mol. The summed E-state index contributed by atoms with van der Waals surface area (Å²) in [4.78, 5) is 8.61. The average Bonchev–Trinajstić information content (AvgIpc) is 2.14. The van der Waals surface area contributed by atoms with Crippen molar-refractivity contribution in [2.75, 3.05) is 25.6 Å². The number of methoxy groups -OCH3 is 1. The Morgan fingerprint density at radius 3 is 2.47 bits per heavy atom. The lowest BCUT2D eigenvalue weighted by atomic mass is 10.2. The van der Waals surface area contributed by atoms with Crippen LogP contribution in [0.2, 0.25) is 0 Å². The van der Waals surface area contributed by atoms with E-state index >= 15 is 0 Å². The first-order valence-electron chi connectivity index (χ1n) is 5.17. The third kappa shape index (κ3) is 4.25. The van der Waals surface area contributed by atoms with Crippen molar-refractivity contribution in [3.05, 3.63) is 17.5 Å². The number of ether oxygens (including phenoxy) is 1. The highest BCUT2D eigenvalue weighted by molar-refractivity contribution is 5.27. The number of hydrogen-bond acceptors (Lipinski definition) is 4. The van der Waals surface area contributed by atoms with Gasteiger partial charge in [0.05, 0.1) is 6.61 Å². The molecular weight excluding hydrogens is 190 g/mol. The van der Waals surface area contributed by atoms with E-state index in [0.29, 0.717) is 11.9 Å². The summed E-state index contributed by atoms with van der Waals surface area (Å²) >= 11 is 0. The van der Waals surface area contributed by atoms with Crippen LogP contribution in [0, 0.1) is 19.8 Å². The van der Waals surface area contributed by atoms with Gasteiger partial charge in [0.2, 0.25) is 5.95 Å². The van der Waals surface area contributed by atoms with Crippen LogP contribution in [0.5, 0.6) is 0 Å². The van der Waals surface area contributed by atoms with Gasteiger partial charge in [0.25, 0.3) is 0 Å². The summed E-state index contributed by atoms with van der Waals surface area (Å²) in [6.45, 7) is 7.64. The van der Waals surface area contributed by atoms with Crippen molar-refractivity contribution in [3.8, 4) is 0 Å². The lowest BCUT2D eigenvalue weighted by Crippen LogP contribution is -2.17. The number of aryl methyl sites for hydroxylation is 2. The second-order valence-corrected chi connectivity index (χ2v) is 3.92. The minimum atomic E-state index is 0.458. The van der Waals surface area contributed by atoms with Crippen LogP contribution in [0.1, 0.15) is 18.3 Å². The molecule has 0 amide bonds. The van der Waals surface area contributed by atoms with E-state index < -0.39 is 0 Å². The molecule has 0 spiro atoms. The fourth-order valence-electron chi connectivity index (χ4n) is 1.41. The van der Waals surface area contributed by atoms with Gasteiger partial charge in [0.15, 0.2) is 0 Å². The van der Waals surface area contributed by atoms with E-state index in [-0.39, 0.29) is 0 Å². The molecule has 4 nitrogen and oxygen atoms in total. The molecule has 1 heterocycles. The molecule has 0 saturated heterocycles. The van der Waals surface area contributed by atoms with Gasteiger partial charge in [-0.3, -0.25) is 0 Å². The SMILES string of the molecule is COC[C@@H](C)CNc1nc(C)cc(C)n1. The molecule has 1 rings (SSSR count). The van der Waals surface area contributed by atoms with Crippen molar-refractivity contribution >= 4 is 5.95 Å². The second kappa shape index (κ2) is 5.66. The predicted octanol–water partition coefficient (Wildman–Crippen LogP) is 1.79. The zero-order valence-electron chi connectivity index (χ0n) is 9.87. The van der Waals surface area contributed by atoms with E-state index in [4.69, 9.17) is 4.74 Å². The van der Waals surface area contributed by atoms with Crippen molar-refractivity contribution in [3.63, 3.8) is 0 Å². The van der Waals surface area contributed by atoms with Gasteiger partial charge in [0, 0.05) is 25.0 Å². The highest BCUT2D eigenvalue weighted by Crippen LogP contribution is 2.04. The van der Waals surface area contributed by atoms with Crippen LogP contribution in [-0.4, -0.2) is 30.2 Å². The first-order chi connectivity index (χ1) is 7.11. The Morgan fingerprint density at radius 1 is 1.33 bits per heavy atom. The molecule has 0 bridgehead atoms. The van der Waals surface area contributed by atoms with E-state index in [0.717, 1.165) is 24.5 Å². The molecule has 4 heteroatoms. The molecule has 15 heavy (non-hydrogen) atoms. The minimum Gasteiger partial charge on any atom is -0.384 e. The first-order valence-corrected chi connectivity index (χ1v) is 5.17. The maximum absolute atomic E-state index is 5.06. The number of nitrogens with one attached hydrogen (secondary N) is 1. The van der Waals surface area contributed by atoms with Crippen molar-refractivity contribution < 1.29 is 4.74 Å². The van der Waals surface area contributed by atoms with Gasteiger partial charge in [-0.2, -0.15) is 0 Å². The molecule has 0 aliphatic rings. The molecule has 0 radical (unpaired) electrons. The van der Waals surface area contributed by atoms with Crippen LogP contribution in [-0.2, 0) is 4.74 Å². The molecule has 84 valence electrons. The van der Waals surface area contributed by atoms with Gasteiger partial charge < -0.3 is 10.1 Å². The van der Waals surface area contributed by atoms with Gasteiger partial charge in [0.1, 0.15) is 0 Å². The lowest BCUT2D eigenvalue weighted by Gasteiger charge is -2.11. The lowest BCUT2D eigenvalue weighted by molar-refractivity contribution is 0.164. The van der Waals surface area contributed by atoms with Crippen molar-refractivity contribution in [1.29, 1.82) is 0 Å². The highest BCUT2D eigenvalue weighted by atomic mass is 16.5. The quantitative estimate of drug-likeness (QED) is 0.803. The molecule has 1 N–H and O–H groups in total. The van der Waals surface area contributed by atoms with Gasteiger partial charge >= 0.3 is 0 Å². The Balaban J connectivity index is 2.50. The van der Waals surface area contributed by atoms with Crippen LogP contribution < -0.4 is 5.32 Å². The first kappa shape index (κ1) is 11.9. The summed E-state index contributed by atoms with van der Waals surface area (Å²) in [6, 6.07) is 1.96. The van der Waals surface area contributed by atoms with Crippen molar-refractivity contribution in [2.24, 2.45) is 5.92 Å². The van der Waals surface area contributed by atoms with Gasteiger partial charge in [-0.1, -0.05) is 6.92 Å². The molecule has 1 aromatic heterocycles. The number of anilines is 1.